The highest BCUT2D eigenvalue weighted by Crippen LogP contribution is 2.16. The molecule has 3 nitrogen and oxygen atoms in total. The molecule has 1 rings (SSSR count). The van der Waals surface area contributed by atoms with Crippen LogP contribution in [0.3, 0.4) is 0 Å². The molecule has 1 heterocycles. The van der Waals surface area contributed by atoms with Gasteiger partial charge in [-0.15, -0.1) is 0 Å². The van der Waals surface area contributed by atoms with E-state index in [0.29, 0.717) is 6.04 Å². The predicted octanol–water partition coefficient (Wildman–Crippen LogP) is 2.12. The fourth-order valence-electron chi connectivity index (χ4n) is 2.79. The van der Waals surface area contributed by atoms with Crippen LogP contribution in [0.2, 0.25) is 0 Å². The number of hydrogen-bond donors (Lipinski definition) is 1. The summed E-state index contributed by atoms with van der Waals surface area (Å²) in [5.41, 5.74) is 0. The van der Waals surface area contributed by atoms with Gasteiger partial charge in [0, 0.05) is 13.2 Å². The summed E-state index contributed by atoms with van der Waals surface area (Å²) < 4.78 is 5.23. The zero-order valence-electron chi connectivity index (χ0n) is 11.9. The summed E-state index contributed by atoms with van der Waals surface area (Å²) in [6.45, 7) is 10.2. The molecule has 0 bridgehead atoms. The molecule has 17 heavy (non-hydrogen) atoms. The molecule has 0 aromatic heterocycles. The minimum atomic E-state index is 0.550. The Bertz CT molecular complexity index is 181. The van der Waals surface area contributed by atoms with Crippen LogP contribution in [0.25, 0.3) is 0 Å². The zero-order valence-corrected chi connectivity index (χ0v) is 11.9. The molecule has 1 aliphatic rings. The first kappa shape index (κ1) is 14.9. The fourth-order valence-corrected chi connectivity index (χ4v) is 2.79. The third kappa shape index (κ3) is 5.84. The van der Waals surface area contributed by atoms with E-state index in [4.69, 9.17) is 4.74 Å². The maximum atomic E-state index is 5.23. The van der Waals surface area contributed by atoms with Gasteiger partial charge in [0.15, 0.2) is 0 Å². The van der Waals surface area contributed by atoms with E-state index < -0.39 is 0 Å². The van der Waals surface area contributed by atoms with Crippen LogP contribution in [-0.2, 0) is 4.74 Å². The summed E-state index contributed by atoms with van der Waals surface area (Å²) in [6, 6.07) is 0.550. The molecule has 0 aromatic carbocycles. The Morgan fingerprint density at radius 2 is 2.29 bits per heavy atom. The highest BCUT2D eigenvalue weighted by molar-refractivity contribution is 4.71. The zero-order chi connectivity index (χ0) is 12.5. The largest absolute Gasteiger partial charge is 0.383 e. The van der Waals surface area contributed by atoms with Crippen molar-refractivity contribution in [3.05, 3.63) is 0 Å². The van der Waals surface area contributed by atoms with E-state index in [1.165, 1.54) is 45.3 Å². The molecule has 0 aromatic rings. The Morgan fingerprint density at radius 1 is 1.47 bits per heavy atom. The van der Waals surface area contributed by atoms with Crippen molar-refractivity contribution in [2.45, 2.75) is 45.6 Å². The summed E-state index contributed by atoms with van der Waals surface area (Å²) in [5, 5.41) is 3.50. The van der Waals surface area contributed by atoms with E-state index in [0.717, 1.165) is 19.1 Å². The Hall–Kier alpha value is -0.120. The quantitative estimate of drug-likeness (QED) is 0.705. The Morgan fingerprint density at radius 3 is 2.88 bits per heavy atom. The van der Waals surface area contributed by atoms with Gasteiger partial charge in [-0.1, -0.05) is 6.92 Å². The van der Waals surface area contributed by atoms with E-state index >= 15 is 0 Å². The van der Waals surface area contributed by atoms with Gasteiger partial charge in [-0.25, -0.2) is 0 Å². The molecule has 102 valence electrons. The van der Waals surface area contributed by atoms with Crippen LogP contribution in [0.4, 0.5) is 0 Å². The van der Waals surface area contributed by atoms with Crippen LogP contribution in [0.15, 0.2) is 0 Å². The third-order valence-corrected chi connectivity index (χ3v) is 3.89. The third-order valence-electron chi connectivity index (χ3n) is 3.89. The molecule has 0 saturated carbocycles. The first-order valence-electron chi connectivity index (χ1n) is 7.21. The SMILES string of the molecule is CCN(CCCC1CCCNC1)C(C)COC. The van der Waals surface area contributed by atoms with Crippen LogP contribution >= 0.6 is 0 Å². The monoisotopic (exact) mass is 242 g/mol. The molecule has 0 amide bonds. The smallest absolute Gasteiger partial charge is 0.0615 e. The van der Waals surface area contributed by atoms with Crippen molar-refractivity contribution >= 4 is 0 Å². The number of nitrogens with zero attached hydrogens (tertiary/aromatic N) is 1. The first-order chi connectivity index (χ1) is 8.27. The molecule has 2 unspecified atom stereocenters. The van der Waals surface area contributed by atoms with Crippen molar-refractivity contribution in [2.75, 3.05) is 39.9 Å². The van der Waals surface area contributed by atoms with E-state index in [9.17, 15) is 0 Å². The summed E-state index contributed by atoms with van der Waals surface area (Å²) >= 11 is 0. The van der Waals surface area contributed by atoms with Crippen molar-refractivity contribution in [3.63, 3.8) is 0 Å². The van der Waals surface area contributed by atoms with Crippen molar-refractivity contribution in [1.29, 1.82) is 0 Å². The lowest BCUT2D eigenvalue weighted by molar-refractivity contribution is 0.100. The van der Waals surface area contributed by atoms with Gasteiger partial charge in [-0.3, -0.25) is 4.90 Å². The lowest BCUT2D eigenvalue weighted by atomic mass is 9.94. The van der Waals surface area contributed by atoms with E-state index in [1.807, 2.05) is 0 Å². The minimum Gasteiger partial charge on any atom is -0.383 e. The second-order valence-corrected chi connectivity index (χ2v) is 5.29. The summed E-state index contributed by atoms with van der Waals surface area (Å²) in [7, 11) is 1.79. The predicted molar refractivity (Wildman–Crippen MR) is 73.4 cm³/mol. The standard InChI is InChI=1S/C14H30N2O/c1-4-16(13(2)12-17-3)10-6-8-14-7-5-9-15-11-14/h13-15H,4-12H2,1-3H3. The van der Waals surface area contributed by atoms with Gasteiger partial charge in [0.25, 0.3) is 0 Å². The van der Waals surface area contributed by atoms with Crippen molar-refractivity contribution in [3.8, 4) is 0 Å². The topological polar surface area (TPSA) is 24.5 Å². The summed E-state index contributed by atoms with van der Waals surface area (Å²) in [6.07, 6.45) is 5.49. The number of hydrogen-bond acceptors (Lipinski definition) is 3. The number of ether oxygens (including phenoxy) is 1. The van der Waals surface area contributed by atoms with E-state index in [-0.39, 0.29) is 0 Å². The second kappa shape index (κ2) is 8.90. The molecule has 1 N–H and O–H groups in total. The van der Waals surface area contributed by atoms with Crippen LogP contribution in [0, 0.1) is 5.92 Å². The molecule has 1 saturated heterocycles. The Kier molecular flexibility index (Phi) is 7.82. The average molecular weight is 242 g/mol. The number of nitrogens with one attached hydrogen (secondary N) is 1. The first-order valence-corrected chi connectivity index (χ1v) is 7.21. The highest BCUT2D eigenvalue weighted by Gasteiger charge is 2.15. The van der Waals surface area contributed by atoms with Crippen LogP contribution in [-0.4, -0.2) is 50.8 Å². The van der Waals surface area contributed by atoms with Crippen LogP contribution in [0.1, 0.15) is 39.5 Å². The summed E-state index contributed by atoms with van der Waals surface area (Å²) in [4.78, 5) is 2.53. The number of piperidine rings is 1. The molecule has 0 radical (unpaired) electrons. The van der Waals surface area contributed by atoms with Crippen molar-refractivity contribution in [1.82, 2.24) is 10.2 Å². The number of rotatable bonds is 8. The molecular weight excluding hydrogens is 212 g/mol. The molecule has 0 spiro atoms. The average Bonchev–Trinajstić information content (AvgIpc) is 2.36. The molecule has 3 heteroatoms. The fraction of sp³-hybridized carbons (Fsp3) is 1.00. The van der Waals surface area contributed by atoms with Gasteiger partial charge in [-0.2, -0.15) is 0 Å². The lowest BCUT2D eigenvalue weighted by Gasteiger charge is -2.28. The number of methoxy groups -OCH3 is 1. The molecule has 1 aliphatic heterocycles. The van der Waals surface area contributed by atoms with Crippen LogP contribution < -0.4 is 5.32 Å². The highest BCUT2D eigenvalue weighted by atomic mass is 16.5. The van der Waals surface area contributed by atoms with Crippen molar-refractivity contribution in [2.24, 2.45) is 5.92 Å². The Balaban J connectivity index is 2.13. The van der Waals surface area contributed by atoms with E-state index in [2.05, 4.69) is 24.1 Å². The Labute approximate surface area is 107 Å². The molecule has 1 fully saturated rings. The maximum absolute atomic E-state index is 5.23. The molecule has 2 atom stereocenters. The van der Waals surface area contributed by atoms with Gasteiger partial charge in [0.05, 0.1) is 6.61 Å². The van der Waals surface area contributed by atoms with Crippen LogP contribution in [0.5, 0.6) is 0 Å². The molecule has 0 aliphatic carbocycles. The molecular formula is C14H30N2O. The normalized spacial score (nSPS) is 22.9. The van der Waals surface area contributed by atoms with Gasteiger partial charge >= 0.3 is 0 Å². The minimum absolute atomic E-state index is 0.550. The van der Waals surface area contributed by atoms with Gasteiger partial charge in [-0.05, 0) is 64.7 Å². The number of likely N-dealkylation sites (N-methyl/N-ethyl adjacent to an activating group) is 1. The lowest BCUT2D eigenvalue weighted by Crippen LogP contribution is -2.37. The van der Waals surface area contributed by atoms with Gasteiger partial charge in [0.1, 0.15) is 0 Å². The van der Waals surface area contributed by atoms with E-state index in [1.54, 1.807) is 7.11 Å². The summed E-state index contributed by atoms with van der Waals surface area (Å²) in [5.74, 6) is 0.917. The second-order valence-electron chi connectivity index (χ2n) is 5.29. The van der Waals surface area contributed by atoms with Gasteiger partial charge < -0.3 is 10.1 Å². The maximum Gasteiger partial charge on any atom is 0.0615 e. The van der Waals surface area contributed by atoms with Gasteiger partial charge in [0.2, 0.25) is 0 Å². The van der Waals surface area contributed by atoms with Crippen molar-refractivity contribution < 1.29 is 4.74 Å².